The number of hydrogen-bond donors (Lipinski definition) is 1. The van der Waals surface area contributed by atoms with Crippen molar-refractivity contribution < 1.29 is 17.7 Å². The molecule has 21 heavy (non-hydrogen) atoms. The number of rotatable bonds is 2. The Morgan fingerprint density at radius 2 is 1.90 bits per heavy atom. The molecule has 1 aliphatic rings. The molecule has 0 heterocycles. The molecule has 1 aliphatic carbocycles. The summed E-state index contributed by atoms with van der Waals surface area (Å²) in [6, 6.07) is 12.5. The van der Waals surface area contributed by atoms with Crippen LogP contribution in [-0.2, 0) is 14.9 Å². The third-order valence-electron chi connectivity index (χ3n) is 2.59. The minimum absolute atomic E-state index is 0. The Labute approximate surface area is 152 Å². The molecule has 4 nitrogen and oxygen atoms in total. The van der Waals surface area contributed by atoms with Crippen molar-refractivity contribution in [1.82, 2.24) is 0 Å². The van der Waals surface area contributed by atoms with Crippen LogP contribution in [0.25, 0.3) is 0 Å². The Kier molecular flexibility index (Phi) is 11.4. The first-order valence-electron chi connectivity index (χ1n) is 5.56. The Balaban J connectivity index is 0. The van der Waals surface area contributed by atoms with E-state index < -0.39 is 15.1 Å². The van der Waals surface area contributed by atoms with E-state index >= 15 is 0 Å². The predicted octanol–water partition coefficient (Wildman–Crippen LogP) is 2.62. The van der Waals surface area contributed by atoms with Gasteiger partial charge in [0.1, 0.15) is 0 Å². The fraction of sp³-hybridized carbons (Fsp3) is 0.214. The van der Waals surface area contributed by atoms with E-state index in [1.807, 2.05) is 30.3 Å². The van der Waals surface area contributed by atoms with Gasteiger partial charge >= 0.3 is 23.1 Å². The summed E-state index contributed by atoms with van der Waals surface area (Å²) in [4.78, 5) is -1.63. The van der Waals surface area contributed by atoms with E-state index in [1.54, 1.807) is 6.08 Å². The summed E-state index contributed by atoms with van der Waals surface area (Å²) in [7, 11) is -3.01. The molecule has 0 aliphatic heterocycles. The average molecular weight is 386 g/mol. The second-order valence-electron chi connectivity index (χ2n) is 3.88. The molecule has 1 aromatic rings. The van der Waals surface area contributed by atoms with Gasteiger partial charge in [0.05, 0.1) is 0 Å². The van der Waals surface area contributed by atoms with Crippen molar-refractivity contribution in [3.05, 3.63) is 67.1 Å². The van der Waals surface area contributed by atoms with E-state index in [0.717, 1.165) is 0 Å². The van der Waals surface area contributed by atoms with Gasteiger partial charge in [-0.15, -0.1) is 17.0 Å². The topological polar surface area (TPSA) is 63.6 Å². The molecule has 1 aromatic carbocycles. The molecule has 0 saturated heterocycles. The maximum absolute atomic E-state index is 11.0. The van der Waals surface area contributed by atoms with Gasteiger partial charge in [-0.1, -0.05) is 6.08 Å². The van der Waals surface area contributed by atoms with Crippen LogP contribution in [0.4, 0.5) is 0 Å². The maximum atomic E-state index is 11.0. The average Bonchev–Trinajstić information content (AvgIpc) is 2.41. The standard InChI is InChI=1S/C8H11O4S.C6H5.BrH.Mg/c1-7-3-5-8(12-2,6-4-7)13(9,10)11;1-2-4-6-5-3-1;;/h3-5H,1,6H2,2H3,(H,9,10,11);1-5H;1H;/q2*-1;;+2. The molecule has 0 amide bonds. The Morgan fingerprint density at radius 3 is 2.14 bits per heavy atom. The normalized spacial score (nSPS) is 20.0. The van der Waals surface area contributed by atoms with Crippen molar-refractivity contribution >= 4 is 50.2 Å². The number of methoxy groups -OCH3 is 1. The molecule has 112 valence electrons. The van der Waals surface area contributed by atoms with Crippen molar-refractivity contribution in [2.45, 2.75) is 11.4 Å². The number of allylic oxidation sites excluding steroid dienone is 2. The van der Waals surface area contributed by atoms with Gasteiger partial charge < -0.3 is 4.74 Å². The van der Waals surface area contributed by atoms with Crippen molar-refractivity contribution in [2.75, 3.05) is 7.11 Å². The first-order chi connectivity index (χ1) is 8.91. The zero-order chi connectivity index (χ0) is 14.4. The van der Waals surface area contributed by atoms with Crippen LogP contribution in [0.1, 0.15) is 6.42 Å². The fourth-order valence-corrected chi connectivity index (χ4v) is 2.18. The second kappa shape index (κ2) is 10.4. The SMILES string of the molecule is Br.[CH2-]C1=CCC(OC)(S(=O)(=O)O)C=C1.[Mg+2].[c-]1ccccc1. The van der Waals surface area contributed by atoms with Crippen molar-refractivity contribution in [1.29, 1.82) is 0 Å². The van der Waals surface area contributed by atoms with Gasteiger partial charge in [-0.05, 0) is 6.42 Å². The summed E-state index contributed by atoms with van der Waals surface area (Å²) in [6.45, 7) is 3.62. The minimum Gasteiger partial charge on any atom is -0.358 e. The molecule has 2 rings (SSSR count). The number of benzene rings is 1. The zero-order valence-electron chi connectivity index (χ0n) is 11.7. The summed E-state index contributed by atoms with van der Waals surface area (Å²) in [5.41, 5.74) is 0.705. The summed E-state index contributed by atoms with van der Waals surface area (Å²) >= 11 is 0. The molecule has 0 spiro atoms. The van der Waals surface area contributed by atoms with Gasteiger partial charge in [-0.2, -0.15) is 69.5 Å². The molecule has 1 unspecified atom stereocenters. The summed E-state index contributed by atoms with van der Waals surface area (Å²) in [5.74, 6) is 0. The smallest absolute Gasteiger partial charge is 0.358 e. The number of ether oxygens (including phenoxy) is 1. The predicted molar refractivity (Wildman–Crippen MR) is 89.8 cm³/mol. The summed E-state index contributed by atoms with van der Waals surface area (Å²) < 4.78 is 35.7. The number of halogens is 1. The van der Waals surface area contributed by atoms with Gasteiger partial charge in [0, 0.05) is 7.11 Å². The Morgan fingerprint density at radius 1 is 1.33 bits per heavy atom. The molecule has 1 atom stereocenters. The van der Waals surface area contributed by atoms with Crippen LogP contribution in [0.15, 0.2) is 54.1 Å². The van der Waals surface area contributed by atoms with Crippen LogP contribution in [0.2, 0.25) is 0 Å². The van der Waals surface area contributed by atoms with Crippen molar-refractivity contribution in [3.63, 3.8) is 0 Å². The molecule has 1 N–H and O–H groups in total. The third-order valence-corrected chi connectivity index (χ3v) is 3.93. The molecule has 0 aromatic heterocycles. The summed E-state index contributed by atoms with van der Waals surface area (Å²) in [6.07, 6.45) is 4.47. The van der Waals surface area contributed by atoms with Gasteiger partial charge in [-0.25, -0.2) is 0 Å². The fourth-order valence-electron chi connectivity index (χ4n) is 1.43. The molecular formula is C14H17BrMgO4S. The van der Waals surface area contributed by atoms with Gasteiger partial charge in [-0.3, -0.25) is 4.55 Å². The van der Waals surface area contributed by atoms with E-state index in [2.05, 4.69) is 13.0 Å². The van der Waals surface area contributed by atoms with E-state index in [1.165, 1.54) is 19.3 Å². The molecular weight excluding hydrogens is 368 g/mol. The minimum atomic E-state index is -4.24. The largest absolute Gasteiger partial charge is 2.00 e. The van der Waals surface area contributed by atoms with Crippen molar-refractivity contribution in [3.8, 4) is 0 Å². The van der Waals surface area contributed by atoms with E-state index in [0.29, 0.717) is 5.57 Å². The van der Waals surface area contributed by atoms with Crippen LogP contribution in [0.3, 0.4) is 0 Å². The quantitative estimate of drug-likeness (QED) is 0.483. The molecule has 0 bridgehead atoms. The van der Waals surface area contributed by atoms with Crippen LogP contribution in [-0.4, -0.2) is 48.1 Å². The van der Waals surface area contributed by atoms with Crippen LogP contribution in [0, 0.1) is 13.0 Å². The van der Waals surface area contributed by atoms with Gasteiger partial charge in [0.15, 0.2) is 4.93 Å². The van der Waals surface area contributed by atoms with E-state index in [9.17, 15) is 8.42 Å². The van der Waals surface area contributed by atoms with Gasteiger partial charge in [0.2, 0.25) is 0 Å². The van der Waals surface area contributed by atoms with E-state index in [-0.39, 0.29) is 46.5 Å². The van der Waals surface area contributed by atoms with E-state index in [4.69, 9.17) is 9.29 Å². The Bertz CT molecular complexity index is 531. The van der Waals surface area contributed by atoms with Crippen LogP contribution >= 0.6 is 17.0 Å². The zero-order valence-corrected chi connectivity index (χ0v) is 15.7. The molecule has 0 radical (unpaired) electrons. The van der Waals surface area contributed by atoms with Gasteiger partial charge in [0.25, 0.3) is 10.1 Å². The van der Waals surface area contributed by atoms with Crippen molar-refractivity contribution in [2.24, 2.45) is 0 Å². The molecule has 0 saturated carbocycles. The number of hydrogen-bond acceptors (Lipinski definition) is 3. The Hall–Kier alpha value is -0.314. The second-order valence-corrected chi connectivity index (χ2v) is 5.53. The first kappa shape index (κ1) is 23.0. The maximum Gasteiger partial charge on any atom is 2.00 e. The molecule has 0 fully saturated rings. The molecule has 7 heteroatoms. The monoisotopic (exact) mass is 384 g/mol. The third kappa shape index (κ3) is 6.99. The first-order valence-corrected chi connectivity index (χ1v) is 7.00. The van der Waals surface area contributed by atoms with Crippen LogP contribution in [0.5, 0.6) is 0 Å². The summed E-state index contributed by atoms with van der Waals surface area (Å²) in [5, 5.41) is 0. The van der Waals surface area contributed by atoms with Crippen LogP contribution < -0.4 is 0 Å².